The molecule has 0 aliphatic heterocycles. The Kier molecular flexibility index (Phi) is 2.84. The third-order valence-corrected chi connectivity index (χ3v) is 2.14. The van der Waals surface area contributed by atoms with E-state index in [4.69, 9.17) is 5.26 Å². The van der Waals surface area contributed by atoms with Crippen molar-refractivity contribution in [3.8, 4) is 6.07 Å². The maximum Gasteiger partial charge on any atom is 0.146 e. The van der Waals surface area contributed by atoms with E-state index >= 15 is 0 Å². The van der Waals surface area contributed by atoms with E-state index in [1.165, 1.54) is 6.07 Å². The molecule has 1 N–H and O–H groups in total. The molecule has 2 rings (SSSR count). The average molecular weight is 212 g/mol. The first-order valence-electron chi connectivity index (χ1n) is 4.81. The minimum atomic E-state index is -0.315. The first-order chi connectivity index (χ1) is 7.79. The number of nitrogens with one attached hydrogen (secondary N) is 1. The number of halogens is 1. The quantitative estimate of drug-likeness (QED) is 0.827. The zero-order valence-corrected chi connectivity index (χ0v) is 8.44. The van der Waals surface area contributed by atoms with Crippen molar-refractivity contribution in [2.45, 2.75) is 0 Å². The highest BCUT2D eigenvalue weighted by Crippen LogP contribution is 2.19. The average Bonchev–Trinajstić information content (AvgIpc) is 2.32. The predicted octanol–water partition coefficient (Wildman–Crippen LogP) is 3.44. The zero-order chi connectivity index (χ0) is 11.4. The van der Waals surface area contributed by atoms with Crippen LogP contribution in [0.4, 0.5) is 15.8 Å². The van der Waals surface area contributed by atoms with E-state index in [9.17, 15) is 4.39 Å². The normalized spacial score (nSPS) is 9.50. The van der Waals surface area contributed by atoms with Gasteiger partial charge in [-0.2, -0.15) is 5.26 Å². The minimum absolute atomic E-state index is 0.315. The first kappa shape index (κ1) is 10.2. The van der Waals surface area contributed by atoms with Crippen molar-refractivity contribution in [3.05, 3.63) is 59.9 Å². The highest BCUT2D eigenvalue weighted by atomic mass is 19.1. The lowest BCUT2D eigenvalue weighted by Gasteiger charge is -2.07. The lowest BCUT2D eigenvalue weighted by atomic mass is 10.2. The van der Waals surface area contributed by atoms with E-state index in [1.807, 2.05) is 6.07 Å². The lowest BCUT2D eigenvalue weighted by Crippen LogP contribution is -1.93. The topological polar surface area (TPSA) is 35.8 Å². The van der Waals surface area contributed by atoms with E-state index in [0.717, 1.165) is 0 Å². The van der Waals surface area contributed by atoms with Gasteiger partial charge in [0.15, 0.2) is 0 Å². The van der Waals surface area contributed by atoms with Gasteiger partial charge in [-0.25, -0.2) is 4.39 Å². The number of hydrogen-bond donors (Lipinski definition) is 1. The Morgan fingerprint density at radius 3 is 2.62 bits per heavy atom. The standard InChI is InChI=1S/C13H9FN2/c14-12-6-1-2-7-13(12)16-11-5-3-4-10(8-11)9-15/h1-8,16H. The molecule has 0 bridgehead atoms. The van der Waals surface area contributed by atoms with E-state index in [2.05, 4.69) is 5.32 Å². The first-order valence-corrected chi connectivity index (χ1v) is 4.81. The van der Waals surface area contributed by atoms with Crippen LogP contribution in [-0.4, -0.2) is 0 Å². The number of nitrogens with zero attached hydrogens (tertiary/aromatic N) is 1. The van der Waals surface area contributed by atoms with E-state index in [-0.39, 0.29) is 5.82 Å². The summed E-state index contributed by atoms with van der Waals surface area (Å²) in [6, 6.07) is 15.4. The third kappa shape index (κ3) is 2.18. The molecule has 2 nitrogen and oxygen atoms in total. The summed E-state index contributed by atoms with van der Waals surface area (Å²) in [7, 11) is 0. The summed E-state index contributed by atoms with van der Waals surface area (Å²) in [5.74, 6) is -0.315. The minimum Gasteiger partial charge on any atom is -0.353 e. The van der Waals surface area contributed by atoms with Crippen LogP contribution in [0.2, 0.25) is 0 Å². The van der Waals surface area contributed by atoms with Crippen molar-refractivity contribution in [1.29, 1.82) is 5.26 Å². The molecular weight excluding hydrogens is 203 g/mol. The van der Waals surface area contributed by atoms with Gasteiger partial charge in [0.05, 0.1) is 17.3 Å². The zero-order valence-electron chi connectivity index (χ0n) is 8.44. The fourth-order valence-corrected chi connectivity index (χ4v) is 1.38. The maximum absolute atomic E-state index is 13.3. The summed E-state index contributed by atoms with van der Waals surface area (Å²) >= 11 is 0. The number of anilines is 2. The SMILES string of the molecule is N#Cc1cccc(Nc2ccccc2F)c1. The van der Waals surface area contributed by atoms with Crippen molar-refractivity contribution in [2.24, 2.45) is 0 Å². The monoisotopic (exact) mass is 212 g/mol. The number of hydrogen-bond acceptors (Lipinski definition) is 2. The van der Waals surface area contributed by atoms with Crippen molar-refractivity contribution in [3.63, 3.8) is 0 Å². The Labute approximate surface area is 93.0 Å². The molecule has 0 fully saturated rings. The van der Waals surface area contributed by atoms with Gasteiger partial charge in [-0.1, -0.05) is 18.2 Å². The molecule has 3 heteroatoms. The summed E-state index contributed by atoms with van der Waals surface area (Å²) in [5, 5.41) is 11.7. The molecule has 16 heavy (non-hydrogen) atoms. The molecule has 0 aliphatic rings. The van der Waals surface area contributed by atoms with Crippen LogP contribution < -0.4 is 5.32 Å². The molecule has 0 saturated heterocycles. The van der Waals surface area contributed by atoms with Gasteiger partial charge >= 0.3 is 0 Å². The van der Waals surface area contributed by atoms with Crippen LogP contribution in [0, 0.1) is 17.1 Å². The predicted molar refractivity (Wildman–Crippen MR) is 60.8 cm³/mol. The summed E-state index contributed by atoms with van der Waals surface area (Å²) in [6.45, 7) is 0. The van der Waals surface area contributed by atoms with Crippen LogP contribution in [-0.2, 0) is 0 Å². The largest absolute Gasteiger partial charge is 0.353 e. The van der Waals surface area contributed by atoms with Crippen LogP contribution >= 0.6 is 0 Å². The Balaban J connectivity index is 2.28. The van der Waals surface area contributed by atoms with Gasteiger partial charge < -0.3 is 5.32 Å². The van der Waals surface area contributed by atoms with Gasteiger partial charge in [0.1, 0.15) is 5.82 Å². The van der Waals surface area contributed by atoms with Crippen molar-refractivity contribution in [1.82, 2.24) is 0 Å². The van der Waals surface area contributed by atoms with Gasteiger partial charge in [-0.05, 0) is 30.3 Å². The second-order valence-corrected chi connectivity index (χ2v) is 3.30. The highest BCUT2D eigenvalue weighted by molar-refractivity contribution is 5.61. The van der Waals surface area contributed by atoms with E-state index < -0.39 is 0 Å². The summed E-state index contributed by atoms with van der Waals surface area (Å²) < 4.78 is 13.3. The van der Waals surface area contributed by atoms with Crippen molar-refractivity contribution < 1.29 is 4.39 Å². The van der Waals surface area contributed by atoms with Crippen LogP contribution in [0.25, 0.3) is 0 Å². The third-order valence-electron chi connectivity index (χ3n) is 2.14. The molecule has 0 radical (unpaired) electrons. The molecule has 0 aliphatic carbocycles. The molecule has 0 saturated carbocycles. The van der Waals surface area contributed by atoms with Crippen LogP contribution in [0.5, 0.6) is 0 Å². The second kappa shape index (κ2) is 4.45. The molecular formula is C13H9FN2. The van der Waals surface area contributed by atoms with Crippen molar-refractivity contribution >= 4 is 11.4 Å². The van der Waals surface area contributed by atoms with Gasteiger partial charge in [0.2, 0.25) is 0 Å². The van der Waals surface area contributed by atoms with Crippen molar-refractivity contribution in [2.75, 3.05) is 5.32 Å². The molecule has 0 spiro atoms. The molecule has 78 valence electrons. The van der Waals surface area contributed by atoms with Gasteiger partial charge in [0.25, 0.3) is 0 Å². The molecule has 0 atom stereocenters. The molecule has 0 unspecified atom stereocenters. The van der Waals surface area contributed by atoms with Crippen LogP contribution in [0.15, 0.2) is 48.5 Å². The lowest BCUT2D eigenvalue weighted by molar-refractivity contribution is 0.632. The van der Waals surface area contributed by atoms with E-state index in [1.54, 1.807) is 42.5 Å². The van der Waals surface area contributed by atoms with Gasteiger partial charge in [-0.3, -0.25) is 0 Å². The second-order valence-electron chi connectivity index (χ2n) is 3.30. The fourth-order valence-electron chi connectivity index (χ4n) is 1.38. The van der Waals surface area contributed by atoms with E-state index in [0.29, 0.717) is 16.9 Å². The Morgan fingerprint density at radius 2 is 1.88 bits per heavy atom. The van der Waals surface area contributed by atoms with Gasteiger partial charge in [0, 0.05) is 5.69 Å². The molecule has 0 heterocycles. The molecule has 0 aromatic heterocycles. The Morgan fingerprint density at radius 1 is 1.06 bits per heavy atom. The van der Waals surface area contributed by atoms with Crippen LogP contribution in [0.3, 0.4) is 0 Å². The summed E-state index contributed by atoms with van der Waals surface area (Å²) in [5.41, 5.74) is 1.64. The highest BCUT2D eigenvalue weighted by Gasteiger charge is 2.00. The summed E-state index contributed by atoms with van der Waals surface area (Å²) in [6.07, 6.45) is 0. The molecule has 0 amide bonds. The maximum atomic E-state index is 13.3. The Bertz CT molecular complexity index is 544. The smallest absolute Gasteiger partial charge is 0.146 e. The van der Waals surface area contributed by atoms with Crippen LogP contribution in [0.1, 0.15) is 5.56 Å². The number of benzene rings is 2. The summed E-state index contributed by atoms with van der Waals surface area (Å²) in [4.78, 5) is 0. The number of nitriles is 1. The number of rotatable bonds is 2. The van der Waals surface area contributed by atoms with Gasteiger partial charge in [-0.15, -0.1) is 0 Å². The molecule has 2 aromatic rings. The Hall–Kier alpha value is -2.34. The fraction of sp³-hybridized carbons (Fsp3) is 0. The number of para-hydroxylation sites is 1. The molecule has 2 aromatic carbocycles.